The highest BCUT2D eigenvalue weighted by molar-refractivity contribution is 6.52. The zero-order chi connectivity index (χ0) is 18.3. The largest absolute Gasteiger partial charge is 0.461 e. The smallest absolute Gasteiger partial charge is 0.300 e. The highest BCUT2D eigenvalue weighted by Crippen LogP contribution is 2.30. The predicted molar refractivity (Wildman–Crippen MR) is 100 cm³/mol. The van der Waals surface area contributed by atoms with Gasteiger partial charge < -0.3 is 4.42 Å². The first-order chi connectivity index (χ1) is 12.6. The Hall–Kier alpha value is -2.92. The van der Waals surface area contributed by atoms with Gasteiger partial charge in [0.05, 0.1) is 17.9 Å². The van der Waals surface area contributed by atoms with E-state index in [0.29, 0.717) is 24.5 Å². The third kappa shape index (κ3) is 2.61. The Labute approximate surface area is 151 Å². The van der Waals surface area contributed by atoms with Crippen molar-refractivity contribution in [3.05, 3.63) is 65.4 Å². The summed E-state index contributed by atoms with van der Waals surface area (Å²) in [6.07, 6.45) is 0.807. The zero-order valence-corrected chi connectivity index (χ0v) is 14.9. The maximum absolute atomic E-state index is 12.4. The molecule has 5 nitrogen and oxygen atoms in total. The molecule has 0 spiro atoms. The Balaban J connectivity index is 1.60. The lowest BCUT2D eigenvalue weighted by atomic mass is 10.1. The van der Waals surface area contributed by atoms with Crippen molar-refractivity contribution in [1.29, 1.82) is 0 Å². The van der Waals surface area contributed by atoms with E-state index in [4.69, 9.17) is 4.42 Å². The van der Waals surface area contributed by atoms with E-state index in [1.807, 2.05) is 42.3 Å². The third-order valence-electron chi connectivity index (χ3n) is 4.79. The first-order valence-corrected chi connectivity index (χ1v) is 8.73. The second kappa shape index (κ2) is 6.42. The normalized spacial score (nSPS) is 13.9. The van der Waals surface area contributed by atoms with Gasteiger partial charge in [-0.05, 0) is 25.2 Å². The number of para-hydroxylation sites is 2. The van der Waals surface area contributed by atoms with Crippen molar-refractivity contribution in [2.24, 2.45) is 0 Å². The monoisotopic (exact) mass is 348 g/mol. The summed E-state index contributed by atoms with van der Waals surface area (Å²) in [6.45, 7) is 3.06. The van der Waals surface area contributed by atoms with Gasteiger partial charge in [-0.25, -0.2) is 0 Å². The number of carbonyl (C=O) groups excluding carboxylic acids is 2. The van der Waals surface area contributed by atoms with Gasteiger partial charge in [-0.15, -0.1) is 0 Å². The van der Waals surface area contributed by atoms with E-state index in [9.17, 15) is 9.59 Å². The molecule has 2 aromatic carbocycles. The molecule has 0 N–H and O–H groups in total. The summed E-state index contributed by atoms with van der Waals surface area (Å²) in [6, 6.07) is 15.1. The molecule has 0 saturated heterocycles. The fourth-order valence-electron chi connectivity index (χ4n) is 3.56. The number of ketones is 1. The van der Waals surface area contributed by atoms with Crippen LogP contribution in [0.1, 0.15) is 28.6 Å². The number of fused-ring (bicyclic) bond motifs is 2. The molecule has 1 aliphatic heterocycles. The van der Waals surface area contributed by atoms with Gasteiger partial charge in [0.2, 0.25) is 0 Å². The number of furan rings is 1. The standard InChI is InChI=1S/C21H20N2O3/c1-3-18-16(14-8-5-7-11-19(14)26-18)12-22(2)13-23-17-10-6-4-9-15(17)20(24)21(23)25/h4-11H,3,12-13H2,1-2H3. The molecule has 0 saturated carbocycles. The minimum Gasteiger partial charge on any atom is -0.461 e. The van der Waals surface area contributed by atoms with Crippen LogP contribution in [-0.4, -0.2) is 30.3 Å². The van der Waals surface area contributed by atoms with Crippen molar-refractivity contribution in [2.75, 3.05) is 18.6 Å². The van der Waals surface area contributed by atoms with E-state index in [2.05, 4.69) is 13.0 Å². The summed E-state index contributed by atoms with van der Waals surface area (Å²) in [5.74, 6) is 0.0603. The van der Waals surface area contributed by atoms with Gasteiger partial charge >= 0.3 is 5.91 Å². The molecule has 0 fully saturated rings. The third-order valence-corrected chi connectivity index (χ3v) is 4.79. The van der Waals surface area contributed by atoms with Crippen LogP contribution in [0.15, 0.2) is 52.9 Å². The minimum absolute atomic E-state index is 0.351. The Morgan fingerprint density at radius 2 is 1.77 bits per heavy atom. The Morgan fingerprint density at radius 1 is 1.04 bits per heavy atom. The van der Waals surface area contributed by atoms with Crippen LogP contribution in [0.25, 0.3) is 11.0 Å². The lowest BCUT2D eigenvalue weighted by Gasteiger charge is -2.24. The number of hydrogen-bond acceptors (Lipinski definition) is 4. The van der Waals surface area contributed by atoms with Gasteiger partial charge in [-0.1, -0.05) is 37.3 Å². The fourth-order valence-corrected chi connectivity index (χ4v) is 3.56. The molecule has 3 aromatic rings. The molecule has 26 heavy (non-hydrogen) atoms. The molecule has 1 aliphatic rings. The molecule has 0 unspecified atom stereocenters. The van der Waals surface area contributed by atoms with Crippen LogP contribution >= 0.6 is 0 Å². The van der Waals surface area contributed by atoms with Crippen LogP contribution in [0.2, 0.25) is 0 Å². The summed E-state index contributed by atoms with van der Waals surface area (Å²) in [4.78, 5) is 28.1. The molecule has 2 heterocycles. The van der Waals surface area contributed by atoms with Gasteiger partial charge in [-0.2, -0.15) is 0 Å². The van der Waals surface area contributed by atoms with E-state index >= 15 is 0 Å². The summed E-state index contributed by atoms with van der Waals surface area (Å²) in [5, 5.41) is 1.10. The average molecular weight is 348 g/mol. The number of carbonyl (C=O) groups is 2. The lowest BCUT2D eigenvalue weighted by Crippen LogP contribution is -2.39. The van der Waals surface area contributed by atoms with E-state index in [-0.39, 0.29) is 0 Å². The quantitative estimate of drug-likeness (QED) is 0.661. The molecule has 1 amide bonds. The van der Waals surface area contributed by atoms with Crippen molar-refractivity contribution >= 4 is 28.3 Å². The fraction of sp³-hybridized carbons (Fsp3) is 0.238. The second-order valence-electron chi connectivity index (χ2n) is 6.59. The molecule has 0 bridgehead atoms. The molecule has 4 rings (SSSR count). The average Bonchev–Trinajstić information content (AvgIpc) is 3.13. The van der Waals surface area contributed by atoms with Gasteiger partial charge in [0.1, 0.15) is 11.3 Å². The SMILES string of the molecule is CCc1oc2ccccc2c1CN(C)CN1C(=O)C(=O)c2ccccc21. The van der Waals surface area contributed by atoms with Crippen molar-refractivity contribution in [3.8, 4) is 0 Å². The minimum atomic E-state index is -0.467. The number of benzene rings is 2. The zero-order valence-electron chi connectivity index (χ0n) is 14.9. The van der Waals surface area contributed by atoms with Crippen molar-refractivity contribution < 1.29 is 14.0 Å². The van der Waals surface area contributed by atoms with E-state index in [0.717, 1.165) is 28.7 Å². The number of rotatable bonds is 5. The number of nitrogens with zero attached hydrogens (tertiary/aromatic N) is 2. The summed E-state index contributed by atoms with van der Waals surface area (Å²) < 4.78 is 5.95. The van der Waals surface area contributed by atoms with Crippen LogP contribution in [0.4, 0.5) is 5.69 Å². The number of amides is 1. The Morgan fingerprint density at radius 3 is 2.58 bits per heavy atom. The summed E-state index contributed by atoms with van der Waals surface area (Å²) >= 11 is 0. The molecule has 0 aliphatic carbocycles. The van der Waals surface area contributed by atoms with Crippen LogP contribution in [0.3, 0.4) is 0 Å². The maximum Gasteiger partial charge on any atom is 0.300 e. The molecule has 1 aromatic heterocycles. The van der Waals surface area contributed by atoms with E-state index in [1.165, 1.54) is 0 Å². The number of hydrogen-bond donors (Lipinski definition) is 0. The summed E-state index contributed by atoms with van der Waals surface area (Å²) in [7, 11) is 1.94. The van der Waals surface area contributed by atoms with Crippen LogP contribution in [0, 0.1) is 0 Å². The first-order valence-electron chi connectivity index (χ1n) is 8.73. The number of anilines is 1. The molecular weight excluding hydrogens is 328 g/mol. The highest BCUT2D eigenvalue weighted by Gasteiger charge is 2.35. The molecule has 5 heteroatoms. The van der Waals surface area contributed by atoms with Gasteiger partial charge in [-0.3, -0.25) is 19.4 Å². The number of Topliss-reactive ketones (excluding diaryl/α,β-unsaturated/α-hetero) is 1. The van der Waals surface area contributed by atoms with Crippen LogP contribution in [-0.2, 0) is 17.8 Å². The highest BCUT2D eigenvalue weighted by atomic mass is 16.3. The number of aryl methyl sites for hydroxylation is 1. The van der Waals surface area contributed by atoms with Gasteiger partial charge in [0.25, 0.3) is 5.78 Å². The summed E-state index contributed by atoms with van der Waals surface area (Å²) in [5.41, 5.74) is 3.18. The van der Waals surface area contributed by atoms with Crippen molar-refractivity contribution in [3.63, 3.8) is 0 Å². The van der Waals surface area contributed by atoms with Crippen molar-refractivity contribution in [2.45, 2.75) is 19.9 Å². The van der Waals surface area contributed by atoms with Gasteiger partial charge in [0.15, 0.2) is 0 Å². The topological polar surface area (TPSA) is 53.8 Å². The Kier molecular flexibility index (Phi) is 4.09. The molecule has 0 atom stereocenters. The molecular formula is C21H20N2O3. The van der Waals surface area contributed by atoms with Crippen LogP contribution < -0.4 is 4.90 Å². The van der Waals surface area contributed by atoms with Gasteiger partial charge in [0, 0.05) is 23.9 Å². The molecule has 132 valence electrons. The molecule has 0 radical (unpaired) electrons. The Bertz CT molecular complexity index is 1010. The maximum atomic E-state index is 12.4. The lowest BCUT2D eigenvalue weighted by molar-refractivity contribution is -0.114. The van der Waals surface area contributed by atoms with Crippen LogP contribution in [0.5, 0.6) is 0 Å². The van der Waals surface area contributed by atoms with Crippen molar-refractivity contribution in [1.82, 2.24) is 4.90 Å². The van der Waals surface area contributed by atoms with E-state index in [1.54, 1.807) is 17.0 Å². The first kappa shape index (κ1) is 16.5. The second-order valence-corrected chi connectivity index (χ2v) is 6.59. The van der Waals surface area contributed by atoms with E-state index < -0.39 is 11.7 Å². The predicted octanol–water partition coefficient (Wildman–Crippen LogP) is 3.61.